The fourth-order valence-electron chi connectivity index (χ4n) is 3.06. The highest BCUT2D eigenvalue weighted by Crippen LogP contribution is 2.41. The molecule has 26 heavy (non-hydrogen) atoms. The van der Waals surface area contributed by atoms with Gasteiger partial charge in [-0.05, 0) is 36.2 Å². The van der Waals surface area contributed by atoms with Crippen LogP contribution in [0.3, 0.4) is 0 Å². The van der Waals surface area contributed by atoms with Gasteiger partial charge >= 0.3 is 0 Å². The van der Waals surface area contributed by atoms with Gasteiger partial charge in [-0.15, -0.1) is 11.3 Å². The van der Waals surface area contributed by atoms with Crippen LogP contribution in [0.1, 0.15) is 39.1 Å². The van der Waals surface area contributed by atoms with E-state index in [4.69, 9.17) is 4.74 Å². The third-order valence-corrected chi connectivity index (χ3v) is 5.40. The number of aryl methyl sites for hydroxylation is 1. The molecule has 0 unspecified atom stereocenters. The number of hydrogen-bond donors (Lipinski definition) is 2. The number of nitrogens with one attached hydrogen (secondary N) is 2. The second kappa shape index (κ2) is 6.21. The number of anilines is 1. The highest BCUT2D eigenvalue weighted by Gasteiger charge is 2.30. The monoisotopic (exact) mass is 375 g/mol. The molecule has 1 amide bonds. The Morgan fingerprint density at radius 3 is 2.62 bits per heavy atom. The average Bonchev–Trinajstić information content (AvgIpc) is 3.01. The number of nitrogens with zero attached hydrogens (tertiary/aromatic N) is 1. The first-order chi connectivity index (χ1) is 12.5. The Bertz CT molecular complexity index is 1000. The molecule has 5 nitrogen and oxygen atoms in total. The van der Waals surface area contributed by atoms with Crippen molar-refractivity contribution in [3.63, 3.8) is 0 Å². The summed E-state index contributed by atoms with van der Waals surface area (Å²) >= 11 is 1.12. The molecule has 0 radical (unpaired) electrons. The maximum atomic E-state index is 13.0. The molecule has 0 bridgehead atoms. The minimum absolute atomic E-state index is 0.249. The van der Waals surface area contributed by atoms with Crippen molar-refractivity contribution in [2.45, 2.75) is 19.5 Å². The van der Waals surface area contributed by atoms with Crippen LogP contribution in [0.5, 0.6) is 5.75 Å². The smallest absolute Gasteiger partial charge is 0.280 e. The van der Waals surface area contributed by atoms with Crippen LogP contribution < -0.4 is 15.4 Å². The van der Waals surface area contributed by atoms with Crippen molar-refractivity contribution in [3.8, 4) is 5.75 Å². The lowest BCUT2D eigenvalue weighted by Gasteiger charge is -2.26. The molecule has 4 rings (SSSR count). The molecule has 2 N–H and O–H groups in total. The Kier molecular flexibility index (Phi) is 3.99. The number of benzene rings is 1. The van der Waals surface area contributed by atoms with E-state index >= 15 is 0 Å². The summed E-state index contributed by atoms with van der Waals surface area (Å²) in [6.07, 6.45) is -3.07. The number of methoxy groups -OCH3 is 1. The molecule has 3 heterocycles. The third-order valence-electron chi connectivity index (χ3n) is 4.32. The average molecular weight is 375 g/mol. The number of rotatable bonds is 3. The van der Waals surface area contributed by atoms with Gasteiger partial charge < -0.3 is 15.4 Å². The Labute approximate surface area is 152 Å². The Morgan fingerprint density at radius 1 is 1.23 bits per heavy atom. The van der Waals surface area contributed by atoms with E-state index < -0.39 is 12.6 Å². The van der Waals surface area contributed by atoms with Gasteiger partial charge in [0.1, 0.15) is 27.3 Å². The lowest BCUT2D eigenvalue weighted by atomic mass is 10.1. The molecule has 0 spiro atoms. The summed E-state index contributed by atoms with van der Waals surface area (Å²) in [5, 5.41) is 6.90. The van der Waals surface area contributed by atoms with Crippen LogP contribution in [0.2, 0.25) is 0 Å². The van der Waals surface area contributed by atoms with Gasteiger partial charge in [0, 0.05) is 5.39 Å². The van der Waals surface area contributed by atoms with Crippen molar-refractivity contribution in [1.29, 1.82) is 0 Å². The van der Waals surface area contributed by atoms with Gasteiger partial charge in [-0.25, -0.2) is 13.8 Å². The molecule has 1 aromatic carbocycles. The van der Waals surface area contributed by atoms with Crippen LogP contribution >= 0.6 is 11.3 Å². The van der Waals surface area contributed by atoms with Crippen LogP contribution in [0.25, 0.3) is 10.2 Å². The Morgan fingerprint density at radius 2 is 1.96 bits per heavy atom. The molecule has 1 aliphatic rings. The van der Waals surface area contributed by atoms with E-state index in [2.05, 4.69) is 15.6 Å². The Balaban J connectivity index is 1.78. The van der Waals surface area contributed by atoms with Crippen molar-refractivity contribution >= 4 is 33.1 Å². The van der Waals surface area contributed by atoms with E-state index in [-0.39, 0.29) is 11.6 Å². The first-order valence-electron chi connectivity index (χ1n) is 7.91. The van der Waals surface area contributed by atoms with Crippen LogP contribution in [0.15, 0.2) is 30.3 Å². The van der Waals surface area contributed by atoms with Gasteiger partial charge in [-0.3, -0.25) is 4.79 Å². The fraction of sp³-hybridized carbons (Fsp3) is 0.222. The highest BCUT2D eigenvalue weighted by molar-refractivity contribution is 7.21. The van der Waals surface area contributed by atoms with Crippen molar-refractivity contribution < 1.29 is 18.3 Å². The topological polar surface area (TPSA) is 63.2 Å². The minimum Gasteiger partial charge on any atom is -0.497 e. The molecule has 1 atom stereocenters. The summed E-state index contributed by atoms with van der Waals surface area (Å²) in [6.45, 7) is 1.75. The van der Waals surface area contributed by atoms with Crippen molar-refractivity contribution in [2.24, 2.45) is 0 Å². The van der Waals surface area contributed by atoms with Gasteiger partial charge in [0.15, 0.2) is 0 Å². The maximum Gasteiger partial charge on any atom is 0.280 e. The first-order valence-corrected chi connectivity index (χ1v) is 8.73. The standard InChI is InChI=1S/C18H15F2N3O2S/c1-8-7-11(15(19)20)21-18-12(8)13-14(26-18)17(24)23-16(22-13)9-3-5-10(25-2)6-4-9/h3-7,15-16,22H,1-2H3,(H,23,24)/t16-/m1/s1. The number of hydrogen-bond acceptors (Lipinski definition) is 5. The minimum atomic E-state index is -2.65. The molecule has 2 aromatic heterocycles. The van der Waals surface area contributed by atoms with E-state index in [1.807, 2.05) is 24.3 Å². The zero-order valence-electron chi connectivity index (χ0n) is 14.0. The number of carbonyl (C=O) groups excluding carboxylic acids is 1. The summed E-state index contributed by atoms with van der Waals surface area (Å²) in [4.78, 5) is 17.5. The fourth-order valence-corrected chi connectivity index (χ4v) is 4.18. The molecule has 0 aliphatic carbocycles. The second-order valence-corrected chi connectivity index (χ2v) is 6.97. The summed E-state index contributed by atoms with van der Waals surface area (Å²) in [7, 11) is 1.59. The number of fused-ring (bicyclic) bond motifs is 3. The molecular weight excluding hydrogens is 360 g/mol. The van der Waals surface area contributed by atoms with Crippen LogP contribution in [0.4, 0.5) is 14.5 Å². The number of amides is 1. The summed E-state index contributed by atoms with van der Waals surface area (Å²) < 4.78 is 31.2. The quantitative estimate of drug-likeness (QED) is 0.712. The van der Waals surface area contributed by atoms with Crippen LogP contribution in [-0.4, -0.2) is 18.0 Å². The molecule has 134 valence electrons. The van der Waals surface area contributed by atoms with E-state index in [1.54, 1.807) is 14.0 Å². The van der Waals surface area contributed by atoms with Gasteiger partial charge in [-0.1, -0.05) is 12.1 Å². The lowest BCUT2D eigenvalue weighted by Crippen LogP contribution is -2.37. The maximum absolute atomic E-state index is 13.0. The van der Waals surface area contributed by atoms with Crippen molar-refractivity contribution in [2.75, 3.05) is 12.4 Å². The van der Waals surface area contributed by atoms with Gasteiger partial charge in [0.25, 0.3) is 12.3 Å². The predicted octanol–water partition coefficient (Wildman–Crippen LogP) is 4.41. The normalized spacial score (nSPS) is 16.3. The van der Waals surface area contributed by atoms with Crippen molar-refractivity contribution in [1.82, 2.24) is 10.3 Å². The van der Waals surface area contributed by atoms with E-state index in [0.717, 1.165) is 22.6 Å². The zero-order valence-corrected chi connectivity index (χ0v) is 14.8. The molecular formula is C18H15F2N3O2S. The predicted molar refractivity (Wildman–Crippen MR) is 96.1 cm³/mol. The molecule has 8 heteroatoms. The van der Waals surface area contributed by atoms with Crippen molar-refractivity contribution in [3.05, 3.63) is 52.0 Å². The molecule has 1 aliphatic heterocycles. The van der Waals surface area contributed by atoms with Gasteiger partial charge in [0.2, 0.25) is 0 Å². The zero-order chi connectivity index (χ0) is 18.4. The number of pyridine rings is 1. The number of halogens is 2. The number of alkyl halides is 2. The summed E-state index contributed by atoms with van der Waals surface area (Å²) in [5.74, 6) is 0.470. The van der Waals surface area contributed by atoms with Gasteiger partial charge in [-0.2, -0.15) is 0 Å². The van der Waals surface area contributed by atoms with Crippen LogP contribution in [0, 0.1) is 6.92 Å². The number of aromatic nitrogens is 1. The number of ether oxygens (including phenoxy) is 1. The number of carbonyl (C=O) groups is 1. The van der Waals surface area contributed by atoms with Crippen LogP contribution in [-0.2, 0) is 0 Å². The lowest BCUT2D eigenvalue weighted by molar-refractivity contribution is 0.0940. The SMILES string of the molecule is COc1ccc([C@H]2NC(=O)c3sc4nc(C(F)F)cc(C)c4c3N2)cc1. The highest BCUT2D eigenvalue weighted by atomic mass is 32.1. The van der Waals surface area contributed by atoms with E-state index in [1.165, 1.54) is 6.07 Å². The Hall–Kier alpha value is -2.74. The van der Waals surface area contributed by atoms with E-state index in [9.17, 15) is 13.6 Å². The van der Waals surface area contributed by atoms with E-state index in [0.29, 0.717) is 26.3 Å². The molecule has 3 aromatic rings. The van der Waals surface area contributed by atoms with Gasteiger partial charge in [0.05, 0.1) is 12.8 Å². The molecule has 0 saturated carbocycles. The molecule has 0 fully saturated rings. The summed E-state index contributed by atoms with van der Waals surface area (Å²) in [5.41, 5.74) is 1.89. The molecule has 0 saturated heterocycles. The third kappa shape index (κ3) is 2.66. The largest absolute Gasteiger partial charge is 0.497 e. The first kappa shape index (κ1) is 16.7. The number of thiophene rings is 1. The summed E-state index contributed by atoms with van der Waals surface area (Å²) in [6, 6.07) is 8.71. The second-order valence-electron chi connectivity index (χ2n) is 5.98.